The molecule has 4 rings (SSSR count). The number of H-pyrrole nitrogens is 1. The van der Waals surface area contributed by atoms with Gasteiger partial charge >= 0.3 is 0 Å². The third-order valence-electron chi connectivity index (χ3n) is 5.86. The molecule has 8 heteroatoms. The van der Waals surface area contributed by atoms with Crippen molar-refractivity contribution in [2.75, 3.05) is 44.7 Å². The fourth-order valence-corrected chi connectivity index (χ4v) is 4.22. The van der Waals surface area contributed by atoms with Crippen LogP contribution in [0.3, 0.4) is 0 Å². The lowest BCUT2D eigenvalue weighted by atomic mass is 9.86. The molecule has 2 aliphatic heterocycles. The lowest BCUT2D eigenvalue weighted by molar-refractivity contribution is -0.130. The van der Waals surface area contributed by atoms with Crippen molar-refractivity contribution in [2.45, 2.75) is 24.8 Å². The Hall–Kier alpha value is -2.48. The Morgan fingerprint density at radius 1 is 1.27 bits per heavy atom. The molecule has 0 radical (unpaired) electrons. The molecule has 1 atom stereocenters. The molecule has 0 bridgehead atoms. The molecular formula is C18H25N7O. The van der Waals surface area contributed by atoms with Crippen molar-refractivity contribution in [1.82, 2.24) is 29.7 Å². The molecule has 2 fully saturated rings. The number of nitrogens with one attached hydrogen (secondary N) is 1. The zero-order valence-electron chi connectivity index (χ0n) is 15.2. The lowest BCUT2D eigenvalue weighted by Crippen LogP contribution is -2.61. The van der Waals surface area contributed by atoms with Crippen LogP contribution in [0.5, 0.6) is 0 Å². The first-order valence-corrected chi connectivity index (χ1v) is 9.12. The van der Waals surface area contributed by atoms with Gasteiger partial charge in [0.1, 0.15) is 11.8 Å². The third-order valence-corrected chi connectivity index (χ3v) is 5.86. The molecule has 138 valence electrons. The van der Waals surface area contributed by atoms with E-state index in [1.54, 1.807) is 12.7 Å². The number of amides is 1. The number of aromatic amines is 1. The maximum Gasteiger partial charge on any atom is 0.222 e. The summed E-state index contributed by atoms with van der Waals surface area (Å²) in [5.74, 6) is 1.13. The van der Waals surface area contributed by atoms with Gasteiger partial charge in [0.05, 0.1) is 6.33 Å². The first kappa shape index (κ1) is 17.0. The Balaban J connectivity index is 1.61. The second-order valence-electron chi connectivity index (χ2n) is 7.24. The van der Waals surface area contributed by atoms with Crippen LogP contribution in [-0.2, 0) is 4.79 Å². The SMILES string of the molecule is C=CCN1CC[C@@]2(CCC1=O)CN(c1ncnc3nc[nH]c13)CCN2C. The van der Waals surface area contributed by atoms with Gasteiger partial charge in [-0.2, -0.15) is 0 Å². The summed E-state index contributed by atoms with van der Waals surface area (Å²) >= 11 is 0. The average Bonchev–Trinajstić information content (AvgIpc) is 3.08. The number of piperazine rings is 1. The van der Waals surface area contributed by atoms with E-state index in [1.807, 2.05) is 11.0 Å². The molecule has 2 aliphatic rings. The number of rotatable bonds is 3. The van der Waals surface area contributed by atoms with Gasteiger partial charge in [0, 0.05) is 44.7 Å². The number of imidazole rings is 1. The third kappa shape index (κ3) is 2.84. The fourth-order valence-electron chi connectivity index (χ4n) is 4.22. The van der Waals surface area contributed by atoms with E-state index in [0.717, 1.165) is 50.4 Å². The zero-order valence-corrected chi connectivity index (χ0v) is 15.2. The highest BCUT2D eigenvalue weighted by molar-refractivity contribution is 5.82. The van der Waals surface area contributed by atoms with E-state index in [1.165, 1.54) is 0 Å². The van der Waals surface area contributed by atoms with E-state index in [0.29, 0.717) is 18.6 Å². The van der Waals surface area contributed by atoms with E-state index in [9.17, 15) is 4.79 Å². The van der Waals surface area contributed by atoms with E-state index < -0.39 is 0 Å². The molecule has 1 N–H and O–H groups in total. The van der Waals surface area contributed by atoms with Crippen LogP contribution in [0.25, 0.3) is 11.2 Å². The van der Waals surface area contributed by atoms with Gasteiger partial charge in [-0.1, -0.05) is 6.08 Å². The second-order valence-corrected chi connectivity index (χ2v) is 7.24. The number of carbonyl (C=O) groups excluding carboxylic acids is 1. The number of nitrogens with zero attached hydrogens (tertiary/aromatic N) is 6. The molecule has 0 aromatic carbocycles. The predicted octanol–water partition coefficient (Wildman–Crippen LogP) is 1.04. The van der Waals surface area contributed by atoms with Crippen molar-refractivity contribution >= 4 is 22.9 Å². The molecule has 4 heterocycles. The van der Waals surface area contributed by atoms with Crippen LogP contribution in [0.15, 0.2) is 25.3 Å². The first-order chi connectivity index (χ1) is 12.6. The number of aromatic nitrogens is 4. The Kier molecular flexibility index (Phi) is 4.36. The zero-order chi connectivity index (χ0) is 18.1. The van der Waals surface area contributed by atoms with Crippen molar-refractivity contribution in [3.05, 3.63) is 25.3 Å². The first-order valence-electron chi connectivity index (χ1n) is 9.12. The minimum absolute atomic E-state index is 0.0267. The molecular weight excluding hydrogens is 330 g/mol. The molecule has 2 aromatic heterocycles. The van der Waals surface area contributed by atoms with Gasteiger partial charge < -0.3 is 14.8 Å². The van der Waals surface area contributed by atoms with Crippen LogP contribution < -0.4 is 4.90 Å². The van der Waals surface area contributed by atoms with Gasteiger partial charge in [-0.3, -0.25) is 9.69 Å². The molecule has 8 nitrogen and oxygen atoms in total. The van der Waals surface area contributed by atoms with E-state index in [2.05, 4.69) is 43.4 Å². The summed E-state index contributed by atoms with van der Waals surface area (Å²) in [7, 11) is 2.18. The van der Waals surface area contributed by atoms with Crippen LogP contribution in [-0.4, -0.2) is 81.0 Å². The molecule has 2 saturated heterocycles. The minimum atomic E-state index is -0.0267. The Morgan fingerprint density at radius 3 is 3.00 bits per heavy atom. The normalized spacial score (nSPS) is 25.0. The number of likely N-dealkylation sites (N-methyl/N-ethyl adjacent to an activating group) is 1. The van der Waals surface area contributed by atoms with Gasteiger partial charge in [0.2, 0.25) is 5.91 Å². The summed E-state index contributed by atoms with van der Waals surface area (Å²) in [5, 5.41) is 0. The molecule has 1 spiro atoms. The monoisotopic (exact) mass is 355 g/mol. The highest BCUT2D eigenvalue weighted by atomic mass is 16.2. The van der Waals surface area contributed by atoms with Crippen molar-refractivity contribution in [2.24, 2.45) is 0 Å². The fraction of sp³-hybridized carbons (Fsp3) is 0.556. The van der Waals surface area contributed by atoms with E-state index >= 15 is 0 Å². The summed E-state index contributed by atoms with van der Waals surface area (Å²) in [6.07, 6.45) is 7.44. The smallest absolute Gasteiger partial charge is 0.222 e. The summed E-state index contributed by atoms with van der Waals surface area (Å²) < 4.78 is 0. The van der Waals surface area contributed by atoms with Crippen LogP contribution in [0.4, 0.5) is 5.82 Å². The number of anilines is 1. The quantitative estimate of drug-likeness (QED) is 0.829. The van der Waals surface area contributed by atoms with Crippen LogP contribution in [0.1, 0.15) is 19.3 Å². The molecule has 0 saturated carbocycles. The highest BCUT2D eigenvalue weighted by Crippen LogP contribution is 2.34. The molecule has 1 amide bonds. The summed E-state index contributed by atoms with van der Waals surface area (Å²) in [4.78, 5) is 35.3. The number of carbonyl (C=O) groups is 1. The van der Waals surface area contributed by atoms with Crippen molar-refractivity contribution < 1.29 is 4.79 Å². The number of fused-ring (bicyclic) bond motifs is 1. The van der Waals surface area contributed by atoms with Crippen LogP contribution >= 0.6 is 0 Å². The predicted molar refractivity (Wildman–Crippen MR) is 99.9 cm³/mol. The van der Waals surface area contributed by atoms with E-state index in [4.69, 9.17) is 0 Å². The molecule has 26 heavy (non-hydrogen) atoms. The van der Waals surface area contributed by atoms with E-state index in [-0.39, 0.29) is 11.4 Å². The molecule has 0 aliphatic carbocycles. The Bertz CT molecular complexity index is 819. The van der Waals surface area contributed by atoms with Crippen LogP contribution in [0.2, 0.25) is 0 Å². The van der Waals surface area contributed by atoms with Crippen molar-refractivity contribution in [1.29, 1.82) is 0 Å². The second kappa shape index (κ2) is 6.68. The van der Waals surface area contributed by atoms with Crippen molar-refractivity contribution in [3.63, 3.8) is 0 Å². The number of hydrogen-bond donors (Lipinski definition) is 1. The van der Waals surface area contributed by atoms with Gasteiger partial charge in [-0.25, -0.2) is 15.0 Å². The van der Waals surface area contributed by atoms with Gasteiger partial charge in [-0.15, -0.1) is 6.58 Å². The lowest BCUT2D eigenvalue weighted by Gasteiger charge is -2.49. The minimum Gasteiger partial charge on any atom is -0.352 e. The Morgan fingerprint density at radius 2 is 2.15 bits per heavy atom. The molecule has 0 unspecified atom stereocenters. The average molecular weight is 355 g/mol. The largest absolute Gasteiger partial charge is 0.352 e. The molecule has 2 aromatic rings. The van der Waals surface area contributed by atoms with Gasteiger partial charge in [0.15, 0.2) is 11.5 Å². The maximum atomic E-state index is 12.4. The maximum absolute atomic E-state index is 12.4. The number of likely N-dealkylation sites (tertiary alicyclic amines) is 1. The summed E-state index contributed by atoms with van der Waals surface area (Å²) in [6.45, 7) is 7.86. The van der Waals surface area contributed by atoms with Gasteiger partial charge in [-0.05, 0) is 19.9 Å². The number of hydrogen-bond acceptors (Lipinski definition) is 6. The Labute approximate surface area is 152 Å². The summed E-state index contributed by atoms with van der Waals surface area (Å²) in [6, 6.07) is 0. The van der Waals surface area contributed by atoms with Gasteiger partial charge in [0.25, 0.3) is 0 Å². The topological polar surface area (TPSA) is 81.2 Å². The summed E-state index contributed by atoms with van der Waals surface area (Å²) in [5.41, 5.74) is 1.54. The van der Waals surface area contributed by atoms with Crippen LogP contribution in [0, 0.1) is 0 Å². The highest BCUT2D eigenvalue weighted by Gasteiger charge is 2.42. The van der Waals surface area contributed by atoms with Crippen molar-refractivity contribution in [3.8, 4) is 0 Å². The standard InChI is InChI=1S/C18H25N7O/c1-3-7-24-8-6-18(5-4-14(24)26)11-25(10-9-23(18)2)17-15-16(20-12-19-15)21-13-22-17/h3,12-13H,1,4-11H2,2H3,(H,19,20,21,22)/t18-/m0/s1.